The van der Waals surface area contributed by atoms with Gasteiger partial charge in [-0.1, -0.05) is 114 Å². The Kier molecular flexibility index (Phi) is 9.47. The van der Waals surface area contributed by atoms with Crippen LogP contribution >= 0.6 is 0 Å². The number of nitro benzene ring substituents is 1. The Bertz CT molecular complexity index is 1990. The number of hydrogen-bond donors (Lipinski definition) is 0. The summed E-state index contributed by atoms with van der Waals surface area (Å²) in [6.45, 7) is 13.4. The molecule has 0 atom stereocenters. The van der Waals surface area contributed by atoms with Crippen LogP contribution in [-0.2, 0) is 10.8 Å². The summed E-state index contributed by atoms with van der Waals surface area (Å²) in [5.74, 6) is 0. The van der Waals surface area contributed by atoms with Crippen molar-refractivity contribution < 1.29 is 4.92 Å². The molecular weight excluding hydrogens is 617 g/mol. The number of rotatable bonds is 8. The number of anilines is 3. The van der Waals surface area contributed by atoms with E-state index in [0.29, 0.717) is 11.4 Å². The zero-order valence-corrected chi connectivity index (χ0v) is 29.5. The van der Waals surface area contributed by atoms with Crippen LogP contribution in [0.2, 0.25) is 0 Å². The van der Waals surface area contributed by atoms with Crippen molar-refractivity contribution in [1.29, 1.82) is 0 Å². The molecule has 0 radical (unpaired) electrons. The highest BCUT2D eigenvalue weighted by atomic mass is 16.6. The zero-order chi connectivity index (χ0) is 35.5. The number of non-ortho nitro benzene ring substituents is 1. The molecule has 0 spiro atoms. The van der Waals surface area contributed by atoms with Gasteiger partial charge in [-0.15, -0.1) is 0 Å². The number of nitrogens with zero attached hydrogens (tertiary/aromatic N) is 4. The Morgan fingerprint density at radius 3 is 1.02 bits per heavy atom. The van der Waals surface area contributed by atoms with Crippen LogP contribution in [0.3, 0.4) is 0 Å². The number of benzene rings is 6. The molecule has 0 saturated carbocycles. The first-order chi connectivity index (χ1) is 23.8. The molecule has 0 N–H and O–H groups in total. The highest BCUT2D eigenvalue weighted by molar-refractivity contribution is 5.80. The first kappa shape index (κ1) is 34.0. The predicted octanol–water partition coefficient (Wildman–Crippen LogP) is 13.4. The lowest BCUT2D eigenvalue weighted by molar-refractivity contribution is -0.384. The minimum Gasteiger partial charge on any atom is -0.311 e. The predicted molar refractivity (Wildman–Crippen MR) is 207 cm³/mol. The first-order valence-corrected chi connectivity index (χ1v) is 16.8. The summed E-state index contributed by atoms with van der Waals surface area (Å²) < 4.78 is 0. The lowest BCUT2D eigenvalue weighted by Crippen LogP contribution is -2.10. The van der Waals surface area contributed by atoms with Gasteiger partial charge in [0.2, 0.25) is 0 Å². The van der Waals surface area contributed by atoms with E-state index < -0.39 is 4.92 Å². The number of hydrogen-bond acceptors (Lipinski definition) is 5. The molecule has 250 valence electrons. The van der Waals surface area contributed by atoms with Crippen LogP contribution in [0.15, 0.2) is 156 Å². The van der Waals surface area contributed by atoms with E-state index in [4.69, 9.17) is 0 Å². The Morgan fingerprint density at radius 1 is 0.440 bits per heavy atom. The molecule has 6 rings (SSSR count). The molecule has 0 heterocycles. The molecular formula is C44H42N4O2. The van der Waals surface area contributed by atoms with E-state index in [1.54, 1.807) is 12.1 Å². The standard InChI is InChI=1S/C44H42N4O2/c1-43(2,3)35-15-7-31(8-16-35)33-11-23-39(24-12-33)47(40-25-13-34(14-26-40)32-9-17-36(18-10-32)44(4,5)6)41-27-19-37(20-28-41)45-46-38-21-29-42(30-22-38)48(49)50/h7-30H,1-6H3. The first-order valence-electron chi connectivity index (χ1n) is 16.8. The van der Waals surface area contributed by atoms with E-state index >= 15 is 0 Å². The van der Waals surface area contributed by atoms with Gasteiger partial charge in [0.05, 0.1) is 16.3 Å². The fourth-order valence-corrected chi connectivity index (χ4v) is 5.80. The van der Waals surface area contributed by atoms with Crippen LogP contribution in [0, 0.1) is 10.1 Å². The van der Waals surface area contributed by atoms with Crippen molar-refractivity contribution in [3.63, 3.8) is 0 Å². The molecule has 0 aliphatic heterocycles. The summed E-state index contributed by atoms with van der Waals surface area (Å²) in [5.41, 5.74) is 11.8. The van der Waals surface area contributed by atoms with Crippen LogP contribution in [0.4, 0.5) is 34.1 Å². The average molecular weight is 659 g/mol. The fourth-order valence-electron chi connectivity index (χ4n) is 5.80. The molecule has 6 nitrogen and oxygen atoms in total. The molecule has 0 aliphatic carbocycles. The summed E-state index contributed by atoms with van der Waals surface area (Å²) in [4.78, 5) is 12.8. The molecule has 0 unspecified atom stereocenters. The molecule has 6 aromatic carbocycles. The van der Waals surface area contributed by atoms with Gasteiger partial charge in [0, 0.05) is 29.2 Å². The van der Waals surface area contributed by atoms with Gasteiger partial charge < -0.3 is 4.90 Å². The third-order valence-corrected chi connectivity index (χ3v) is 8.87. The van der Waals surface area contributed by atoms with Gasteiger partial charge in [0.15, 0.2) is 0 Å². The molecule has 0 aromatic heterocycles. The topological polar surface area (TPSA) is 71.1 Å². The maximum Gasteiger partial charge on any atom is 0.269 e. The van der Waals surface area contributed by atoms with E-state index in [-0.39, 0.29) is 16.5 Å². The molecule has 50 heavy (non-hydrogen) atoms. The Labute approximate surface area is 294 Å². The third kappa shape index (κ3) is 7.87. The van der Waals surface area contributed by atoms with Gasteiger partial charge in [0.25, 0.3) is 5.69 Å². The van der Waals surface area contributed by atoms with E-state index in [0.717, 1.165) is 28.2 Å². The van der Waals surface area contributed by atoms with Gasteiger partial charge in [-0.25, -0.2) is 0 Å². The van der Waals surface area contributed by atoms with Crippen LogP contribution in [0.5, 0.6) is 0 Å². The van der Waals surface area contributed by atoms with Gasteiger partial charge in [-0.05, 0) is 105 Å². The Hall–Kier alpha value is -5.88. The number of nitro groups is 1. The summed E-state index contributed by atoms with van der Waals surface area (Å²) in [7, 11) is 0. The second-order valence-electron chi connectivity index (χ2n) is 14.6. The minimum absolute atomic E-state index is 0.0198. The van der Waals surface area contributed by atoms with Crippen LogP contribution in [0.1, 0.15) is 52.7 Å². The highest BCUT2D eigenvalue weighted by Crippen LogP contribution is 2.38. The molecule has 6 heteroatoms. The van der Waals surface area contributed by atoms with Crippen molar-refractivity contribution in [1.82, 2.24) is 0 Å². The third-order valence-electron chi connectivity index (χ3n) is 8.87. The van der Waals surface area contributed by atoms with Crippen molar-refractivity contribution in [2.24, 2.45) is 10.2 Å². The monoisotopic (exact) mass is 658 g/mol. The summed E-state index contributed by atoms with van der Waals surface area (Å²) in [6.07, 6.45) is 0. The lowest BCUT2D eigenvalue weighted by Gasteiger charge is -2.26. The van der Waals surface area contributed by atoms with Gasteiger partial charge >= 0.3 is 0 Å². The zero-order valence-electron chi connectivity index (χ0n) is 29.5. The van der Waals surface area contributed by atoms with Crippen molar-refractivity contribution in [2.45, 2.75) is 52.4 Å². The second kappa shape index (κ2) is 13.9. The SMILES string of the molecule is CC(C)(C)c1ccc(-c2ccc(N(c3ccc(N=Nc4ccc([N+](=O)[O-])cc4)cc3)c3ccc(-c4ccc(C(C)(C)C)cc4)cc3)cc2)cc1. The summed E-state index contributed by atoms with van der Waals surface area (Å²) in [5, 5.41) is 19.6. The fraction of sp³-hybridized carbons (Fsp3) is 0.182. The van der Waals surface area contributed by atoms with E-state index in [1.165, 1.54) is 34.4 Å². The van der Waals surface area contributed by atoms with Gasteiger partial charge in [0.1, 0.15) is 0 Å². The molecule has 0 fully saturated rings. The lowest BCUT2D eigenvalue weighted by atomic mass is 9.86. The Balaban J connectivity index is 1.30. The molecule has 0 saturated heterocycles. The smallest absolute Gasteiger partial charge is 0.269 e. The summed E-state index contributed by atoms with van der Waals surface area (Å²) in [6, 6.07) is 48.9. The van der Waals surface area contributed by atoms with Crippen molar-refractivity contribution in [3.8, 4) is 22.3 Å². The highest BCUT2D eigenvalue weighted by Gasteiger charge is 2.16. The van der Waals surface area contributed by atoms with Gasteiger partial charge in [-0.3, -0.25) is 10.1 Å². The van der Waals surface area contributed by atoms with E-state index in [9.17, 15) is 10.1 Å². The maximum absolute atomic E-state index is 11.0. The van der Waals surface area contributed by atoms with Gasteiger partial charge in [-0.2, -0.15) is 10.2 Å². The van der Waals surface area contributed by atoms with Crippen molar-refractivity contribution in [2.75, 3.05) is 4.90 Å². The number of azo groups is 1. The molecule has 0 bridgehead atoms. The van der Waals surface area contributed by atoms with Crippen LogP contribution < -0.4 is 4.90 Å². The molecule has 0 amide bonds. The summed E-state index contributed by atoms with van der Waals surface area (Å²) >= 11 is 0. The van der Waals surface area contributed by atoms with Crippen molar-refractivity contribution >= 4 is 34.1 Å². The minimum atomic E-state index is -0.430. The van der Waals surface area contributed by atoms with E-state index in [2.05, 4.69) is 154 Å². The van der Waals surface area contributed by atoms with E-state index in [1.807, 2.05) is 24.3 Å². The maximum atomic E-state index is 11.0. The van der Waals surface area contributed by atoms with Crippen LogP contribution in [0.25, 0.3) is 22.3 Å². The second-order valence-corrected chi connectivity index (χ2v) is 14.6. The van der Waals surface area contributed by atoms with Crippen molar-refractivity contribution in [3.05, 3.63) is 167 Å². The normalized spacial score (nSPS) is 11.9. The van der Waals surface area contributed by atoms with Crippen LogP contribution in [-0.4, -0.2) is 4.92 Å². The quantitative estimate of drug-likeness (QED) is 0.0928. The molecule has 6 aromatic rings. The molecule has 0 aliphatic rings. The largest absolute Gasteiger partial charge is 0.311 e. The Morgan fingerprint density at radius 2 is 0.720 bits per heavy atom. The average Bonchev–Trinajstić information content (AvgIpc) is 3.11.